The molecule has 0 spiro atoms. The van der Waals surface area contributed by atoms with Gasteiger partial charge in [-0.1, -0.05) is 26.0 Å². The van der Waals surface area contributed by atoms with Gasteiger partial charge in [-0.15, -0.1) is 0 Å². The van der Waals surface area contributed by atoms with Crippen molar-refractivity contribution in [2.24, 2.45) is 23.7 Å². The number of hydrogen-bond acceptors (Lipinski definition) is 11. The number of sulfonamides is 1. The number of nitrogens with one attached hydrogen (secondary N) is 3. The third-order valence-corrected chi connectivity index (χ3v) is 14.8. The molecule has 15 nitrogen and oxygen atoms in total. The zero-order valence-corrected chi connectivity index (χ0v) is 36.7. The van der Waals surface area contributed by atoms with Gasteiger partial charge in [0.1, 0.15) is 29.3 Å². The molecule has 19 heteroatoms. The molecule has 336 valence electrons. The van der Waals surface area contributed by atoms with Crippen LogP contribution < -0.4 is 29.7 Å². The summed E-state index contributed by atoms with van der Waals surface area (Å²) in [5.41, 5.74) is -4.43. The van der Waals surface area contributed by atoms with E-state index >= 15 is 0 Å². The van der Waals surface area contributed by atoms with E-state index in [1.807, 2.05) is 52.2 Å². The third kappa shape index (κ3) is 9.65. The molecule has 3 fully saturated rings. The molecule has 2 aliphatic carbocycles. The summed E-state index contributed by atoms with van der Waals surface area (Å²) in [4.78, 5) is 64.2. The van der Waals surface area contributed by atoms with Crippen molar-refractivity contribution in [3.8, 4) is 11.6 Å². The largest absolute Gasteiger partial charge is 0.497 e. The Morgan fingerprint density at radius 2 is 1.80 bits per heavy atom. The molecule has 0 bridgehead atoms. The van der Waals surface area contributed by atoms with Gasteiger partial charge in [0.25, 0.3) is 5.91 Å². The normalized spacial score (nSPS) is 28.0. The van der Waals surface area contributed by atoms with E-state index in [0.717, 1.165) is 19.2 Å². The number of carbonyl (C=O) groups excluding carboxylic acids is 4. The number of rotatable bonds is 10. The summed E-state index contributed by atoms with van der Waals surface area (Å²) < 4.78 is 85.2. The van der Waals surface area contributed by atoms with Gasteiger partial charge in [-0.3, -0.25) is 19.1 Å². The van der Waals surface area contributed by atoms with Crippen molar-refractivity contribution in [2.45, 2.75) is 114 Å². The van der Waals surface area contributed by atoms with Gasteiger partial charge >= 0.3 is 12.3 Å². The number of fused-ring (bicyclic) bond motifs is 3. The molecule has 61 heavy (non-hydrogen) atoms. The van der Waals surface area contributed by atoms with Gasteiger partial charge in [-0.25, -0.2) is 13.2 Å². The zero-order chi connectivity index (χ0) is 44.9. The maximum absolute atomic E-state index is 14.9. The van der Waals surface area contributed by atoms with E-state index in [1.54, 1.807) is 31.1 Å². The van der Waals surface area contributed by atoms with Crippen LogP contribution in [0, 0.1) is 23.7 Å². The van der Waals surface area contributed by atoms with Crippen molar-refractivity contribution < 1.29 is 55.0 Å². The molecule has 2 aliphatic heterocycles. The van der Waals surface area contributed by atoms with Gasteiger partial charge < -0.3 is 34.6 Å². The number of allylic oxidation sites excluding steroid dienone is 1. The summed E-state index contributed by atoms with van der Waals surface area (Å²) in [6, 6.07) is 5.96. The van der Waals surface area contributed by atoms with Gasteiger partial charge in [0, 0.05) is 38.4 Å². The fourth-order valence-electron chi connectivity index (χ4n) is 8.06. The Kier molecular flexibility index (Phi) is 12.6. The molecule has 3 N–H and O–H groups in total. The molecule has 1 saturated heterocycles. The number of nitrogens with zero attached hydrogens (tertiary/aromatic N) is 3. The Morgan fingerprint density at radius 3 is 2.44 bits per heavy atom. The zero-order valence-electron chi connectivity index (χ0n) is 35.9. The average Bonchev–Trinajstić information content (AvgIpc) is 4.05. The van der Waals surface area contributed by atoms with Crippen LogP contribution in [0.4, 0.5) is 23.8 Å². The summed E-state index contributed by atoms with van der Waals surface area (Å²) in [5, 5.41) is 6.61. The number of alkyl carbamates (subject to hydrolysis) is 1. The van der Waals surface area contributed by atoms with E-state index in [1.165, 1.54) is 4.90 Å². The minimum Gasteiger partial charge on any atom is -0.497 e. The fraction of sp³-hybridized carbons (Fsp3) is 0.643. The van der Waals surface area contributed by atoms with Crippen LogP contribution in [0.3, 0.4) is 0 Å². The highest BCUT2D eigenvalue weighted by molar-refractivity contribution is 7.91. The number of carbonyl (C=O) groups is 4. The molecule has 3 heterocycles. The van der Waals surface area contributed by atoms with Crippen LogP contribution in [0.2, 0.25) is 0 Å². The van der Waals surface area contributed by atoms with Gasteiger partial charge in [0.15, 0.2) is 0 Å². The first-order chi connectivity index (χ1) is 28.4. The number of hydrogen-bond donors (Lipinski definition) is 3. The van der Waals surface area contributed by atoms with Gasteiger partial charge in [-0.05, 0) is 101 Å². The topological polar surface area (TPSA) is 186 Å². The number of alkyl halides is 3. The number of pyridine rings is 1. The summed E-state index contributed by atoms with van der Waals surface area (Å²) in [6.07, 6.45) is -0.774. The van der Waals surface area contributed by atoms with Crippen LogP contribution in [0.25, 0.3) is 10.8 Å². The van der Waals surface area contributed by atoms with Crippen LogP contribution in [-0.2, 0) is 29.1 Å². The van der Waals surface area contributed by atoms with E-state index < -0.39 is 92.3 Å². The van der Waals surface area contributed by atoms with E-state index in [4.69, 9.17) is 19.2 Å². The minimum absolute atomic E-state index is 0.0417. The van der Waals surface area contributed by atoms with Crippen LogP contribution in [-0.4, -0.2) is 111 Å². The van der Waals surface area contributed by atoms with Crippen molar-refractivity contribution in [3.63, 3.8) is 0 Å². The molecule has 1 aromatic carbocycles. The second-order valence-electron chi connectivity index (χ2n) is 18.1. The summed E-state index contributed by atoms with van der Waals surface area (Å²) in [6.45, 7) is 6.26. The number of benzene rings is 1. The predicted octanol–water partition coefficient (Wildman–Crippen LogP) is 5.23. The SMILES string of the molecule is COc1ccc2c(OC3CC4C(=O)NC5(C(=O)NS(=O)(=O)C6(C)CC6)CC5C=CCCC(C)CC(C)C(CNC(=O)OC(C)(C)C(F)(F)F)C(=O)N4C3)nc(N(C)C)cc2c1. The van der Waals surface area contributed by atoms with Gasteiger partial charge in [0.2, 0.25) is 33.3 Å². The number of anilines is 1. The van der Waals surface area contributed by atoms with E-state index in [-0.39, 0.29) is 31.2 Å². The quantitative estimate of drug-likeness (QED) is 0.266. The number of ether oxygens (including phenoxy) is 3. The highest BCUT2D eigenvalue weighted by atomic mass is 32.2. The molecule has 7 unspecified atom stereocenters. The van der Waals surface area contributed by atoms with Crippen LogP contribution in [0.1, 0.15) is 79.6 Å². The highest BCUT2D eigenvalue weighted by Crippen LogP contribution is 2.48. The standard InChI is InChI=1S/C42H57F3N6O9S/c1-24-11-9-10-12-27-21-41(27,37(54)49-61(56,57)40(5)15-16-40)48-34(52)32-20-29(59-35-30-14-13-28(58-8)18-26(30)19-33(47-35)50(6)7)23-51(32)36(53)31(25(2)17-24)22-46-38(55)60-39(3,4)42(43,44)45/h10,12-14,18-19,24-25,27,29,31-32H,9,11,15-17,20-23H2,1-8H3,(H,46,55)(H,48,52)(H,49,54). The highest BCUT2D eigenvalue weighted by Gasteiger charge is 2.63. The lowest BCUT2D eigenvalue weighted by molar-refractivity contribution is -0.243. The van der Waals surface area contributed by atoms with E-state index in [2.05, 4.69) is 15.4 Å². The summed E-state index contributed by atoms with van der Waals surface area (Å²) in [7, 11) is 1.10. The smallest absolute Gasteiger partial charge is 0.427 e. The predicted molar refractivity (Wildman–Crippen MR) is 220 cm³/mol. The van der Waals surface area contributed by atoms with E-state index in [9.17, 15) is 40.8 Å². The number of aromatic nitrogens is 1. The van der Waals surface area contributed by atoms with Crippen LogP contribution in [0.15, 0.2) is 36.4 Å². The molecule has 2 saturated carbocycles. The number of methoxy groups -OCH3 is 1. The monoisotopic (exact) mass is 878 g/mol. The van der Waals surface area contributed by atoms with Crippen LogP contribution in [0.5, 0.6) is 11.6 Å². The van der Waals surface area contributed by atoms with Crippen molar-refractivity contribution in [1.82, 2.24) is 25.2 Å². The first-order valence-electron chi connectivity index (χ1n) is 20.6. The van der Waals surface area contributed by atoms with Crippen molar-refractivity contribution in [1.29, 1.82) is 0 Å². The molecule has 4 aliphatic rings. The molecular formula is C42H57F3N6O9S. The lowest BCUT2D eigenvalue weighted by Gasteiger charge is -2.33. The third-order valence-electron chi connectivity index (χ3n) is 12.6. The second-order valence-corrected chi connectivity index (χ2v) is 20.3. The molecule has 2 aromatic rings. The first-order valence-corrected chi connectivity index (χ1v) is 22.1. The number of amides is 4. The lowest BCUT2D eigenvalue weighted by atomic mass is 9.83. The molecule has 7 atom stereocenters. The average molecular weight is 879 g/mol. The van der Waals surface area contributed by atoms with E-state index in [0.29, 0.717) is 49.1 Å². The Bertz CT molecular complexity index is 2180. The fourth-order valence-corrected chi connectivity index (χ4v) is 9.37. The van der Waals surface area contributed by atoms with Crippen molar-refractivity contribution in [3.05, 3.63) is 36.4 Å². The van der Waals surface area contributed by atoms with Gasteiger partial charge in [0.05, 0.1) is 24.3 Å². The molecule has 0 radical (unpaired) electrons. The maximum atomic E-state index is 14.9. The second kappa shape index (κ2) is 16.8. The Balaban J connectivity index is 1.36. The maximum Gasteiger partial charge on any atom is 0.427 e. The first kappa shape index (κ1) is 45.7. The Hall–Kier alpha value is -4.81. The Labute approximate surface area is 354 Å². The lowest BCUT2D eigenvalue weighted by Crippen LogP contribution is -2.58. The molecular weight excluding hydrogens is 822 g/mol. The Morgan fingerprint density at radius 1 is 1.10 bits per heavy atom. The van der Waals surface area contributed by atoms with Gasteiger partial charge in [-0.2, -0.15) is 18.2 Å². The summed E-state index contributed by atoms with van der Waals surface area (Å²) in [5.74, 6) is -2.74. The summed E-state index contributed by atoms with van der Waals surface area (Å²) >= 11 is 0. The van der Waals surface area contributed by atoms with Crippen LogP contribution >= 0.6 is 0 Å². The number of halogens is 3. The molecule has 4 amide bonds. The molecule has 1 aromatic heterocycles. The van der Waals surface area contributed by atoms with Crippen molar-refractivity contribution >= 4 is 50.4 Å². The molecule has 6 rings (SSSR count). The minimum atomic E-state index is -4.86. The van der Waals surface area contributed by atoms with Crippen molar-refractivity contribution in [2.75, 3.05) is 39.2 Å².